The second-order valence-corrected chi connectivity index (χ2v) is 9.24. The molecular formula is C25H29N5O4. The van der Waals surface area contributed by atoms with E-state index in [2.05, 4.69) is 29.1 Å². The van der Waals surface area contributed by atoms with E-state index in [1.165, 1.54) is 5.56 Å². The normalized spacial score (nSPS) is 14.8. The number of hydrogen-bond donors (Lipinski definition) is 1. The number of methoxy groups -OCH3 is 2. The average molecular weight is 464 g/mol. The molecule has 0 aliphatic carbocycles. The molecule has 0 fully saturated rings. The maximum Gasteiger partial charge on any atom is 0.231 e. The first-order valence-corrected chi connectivity index (χ1v) is 11.2. The van der Waals surface area contributed by atoms with Crippen LogP contribution < -0.4 is 19.7 Å². The second-order valence-electron chi connectivity index (χ2n) is 9.24. The highest BCUT2D eigenvalue weighted by Crippen LogP contribution is 2.41. The number of pyridine rings is 1. The lowest BCUT2D eigenvalue weighted by molar-refractivity contribution is -0.0395. The third-order valence-corrected chi connectivity index (χ3v) is 6.14. The summed E-state index contributed by atoms with van der Waals surface area (Å²) in [7, 11) is 7.20. The van der Waals surface area contributed by atoms with E-state index < -0.39 is 0 Å². The minimum Gasteiger partial charge on any atom is -0.493 e. The molecule has 0 atom stereocenters. The number of furan rings is 1. The van der Waals surface area contributed by atoms with Gasteiger partial charge in [0.2, 0.25) is 5.71 Å². The van der Waals surface area contributed by atoms with E-state index in [9.17, 15) is 0 Å². The van der Waals surface area contributed by atoms with Crippen molar-refractivity contribution in [1.82, 2.24) is 15.0 Å². The SMILES string of the molecule is COc1ccc(CNc2ncnc3c2oc2nc(N(C)C)c4c(c23)CC(C)(C)OC4)cc1OC. The predicted octanol–water partition coefficient (Wildman–Crippen LogP) is 4.32. The Bertz CT molecular complexity index is 1380. The zero-order chi connectivity index (χ0) is 24.0. The Kier molecular flexibility index (Phi) is 5.44. The van der Waals surface area contributed by atoms with Crippen LogP contribution in [0, 0.1) is 0 Å². The maximum absolute atomic E-state index is 6.27. The molecule has 0 unspecified atom stereocenters. The quantitative estimate of drug-likeness (QED) is 0.449. The van der Waals surface area contributed by atoms with Crippen molar-refractivity contribution in [3.8, 4) is 11.5 Å². The summed E-state index contributed by atoms with van der Waals surface area (Å²) in [6, 6.07) is 5.80. The van der Waals surface area contributed by atoms with Crippen LogP contribution in [-0.2, 0) is 24.3 Å². The molecule has 5 rings (SSSR count). The molecule has 1 aromatic carbocycles. The van der Waals surface area contributed by atoms with E-state index in [0.29, 0.717) is 41.8 Å². The predicted molar refractivity (Wildman–Crippen MR) is 131 cm³/mol. The Hall–Kier alpha value is -3.59. The number of nitrogens with one attached hydrogen (secondary N) is 1. The van der Waals surface area contributed by atoms with Crippen LogP contribution in [0.3, 0.4) is 0 Å². The Morgan fingerprint density at radius 1 is 1.09 bits per heavy atom. The third-order valence-electron chi connectivity index (χ3n) is 6.14. The molecule has 1 aliphatic rings. The van der Waals surface area contributed by atoms with Gasteiger partial charge in [0, 0.05) is 32.6 Å². The van der Waals surface area contributed by atoms with Gasteiger partial charge >= 0.3 is 0 Å². The van der Waals surface area contributed by atoms with Crippen LogP contribution in [0.5, 0.6) is 11.5 Å². The van der Waals surface area contributed by atoms with Crippen molar-refractivity contribution in [2.45, 2.75) is 39.0 Å². The highest BCUT2D eigenvalue weighted by molar-refractivity contribution is 6.07. The summed E-state index contributed by atoms with van der Waals surface area (Å²) in [4.78, 5) is 15.9. The van der Waals surface area contributed by atoms with Crippen molar-refractivity contribution in [3.63, 3.8) is 0 Å². The Labute approximate surface area is 198 Å². The summed E-state index contributed by atoms with van der Waals surface area (Å²) in [6.45, 7) is 5.23. The van der Waals surface area contributed by atoms with Crippen LogP contribution >= 0.6 is 0 Å². The molecule has 9 heteroatoms. The third kappa shape index (κ3) is 3.75. The largest absolute Gasteiger partial charge is 0.493 e. The van der Waals surface area contributed by atoms with E-state index in [-0.39, 0.29) is 5.60 Å². The molecule has 0 bridgehead atoms. The summed E-state index contributed by atoms with van der Waals surface area (Å²) < 4.78 is 23.1. The topological polar surface area (TPSA) is 94.8 Å². The summed E-state index contributed by atoms with van der Waals surface area (Å²) in [5.41, 5.74) is 4.90. The van der Waals surface area contributed by atoms with Gasteiger partial charge in [-0.25, -0.2) is 9.97 Å². The second kappa shape index (κ2) is 8.32. The zero-order valence-electron chi connectivity index (χ0n) is 20.4. The monoisotopic (exact) mass is 463 g/mol. The lowest BCUT2D eigenvalue weighted by Crippen LogP contribution is -2.33. The van der Waals surface area contributed by atoms with Gasteiger partial charge in [-0.3, -0.25) is 0 Å². The first-order valence-electron chi connectivity index (χ1n) is 11.2. The molecule has 9 nitrogen and oxygen atoms in total. The van der Waals surface area contributed by atoms with Crippen LogP contribution in [0.15, 0.2) is 28.9 Å². The van der Waals surface area contributed by atoms with Crippen LogP contribution in [0.4, 0.5) is 11.6 Å². The Balaban J connectivity index is 1.58. The van der Waals surface area contributed by atoms with Crippen molar-refractivity contribution >= 4 is 33.8 Å². The Morgan fingerprint density at radius 3 is 2.62 bits per heavy atom. The molecule has 1 N–H and O–H groups in total. The lowest BCUT2D eigenvalue weighted by Gasteiger charge is -2.33. The average Bonchev–Trinajstić information content (AvgIpc) is 3.20. The molecule has 0 spiro atoms. The molecule has 0 amide bonds. The van der Waals surface area contributed by atoms with E-state index in [1.54, 1.807) is 20.5 Å². The highest BCUT2D eigenvalue weighted by atomic mass is 16.5. The van der Waals surface area contributed by atoms with Gasteiger partial charge in [0.15, 0.2) is 22.9 Å². The molecule has 3 aromatic heterocycles. The van der Waals surface area contributed by atoms with Crippen molar-refractivity contribution in [2.75, 3.05) is 38.5 Å². The molecule has 0 radical (unpaired) electrons. The first-order chi connectivity index (χ1) is 16.3. The highest BCUT2D eigenvalue weighted by Gasteiger charge is 2.33. The minimum atomic E-state index is -0.282. The van der Waals surface area contributed by atoms with Crippen LogP contribution in [0.25, 0.3) is 22.2 Å². The van der Waals surface area contributed by atoms with E-state index in [0.717, 1.165) is 34.3 Å². The number of aromatic nitrogens is 3. The fourth-order valence-corrected chi connectivity index (χ4v) is 4.46. The van der Waals surface area contributed by atoms with Gasteiger partial charge in [-0.1, -0.05) is 6.07 Å². The summed E-state index contributed by atoms with van der Waals surface area (Å²) in [6.07, 6.45) is 2.31. The molecule has 178 valence electrons. The number of rotatable bonds is 6. The van der Waals surface area contributed by atoms with E-state index in [1.807, 2.05) is 37.2 Å². The molecule has 0 saturated heterocycles. The minimum absolute atomic E-state index is 0.282. The first kappa shape index (κ1) is 22.2. The molecule has 0 saturated carbocycles. The zero-order valence-corrected chi connectivity index (χ0v) is 20.4. The van der Waals surface area contributed by atoms with Crippen molar-refractivity contribution < 1.29 is 18.6 Å². The number of benzene rings is 1. The van der Waals surface area contributed by atoms with Crippen LogP contribution in [0.2, 0.25) is 0 Å². The van der Waals surface area contributed by atoms with Gasteiger partial charge in [0.1, 0.15) is 17.7 Å². The van der Waals surface area contributed by atoms with E-state index >= 15 is 0 Å². The lowest BCUT2D eigenvalue weighted by atomic mass is 9.90. The summed E-state index contributed by atoms with van der Waals surface area (Å²) >= 11 is 0. The summed E-state index contributed by atoms with van der Waals surface area (Å²) in [5.74, 6) is 2.83. The van der Waals surface area contributed by atoms with Crippen molar-refractivity contribution in [3.05, 3.63) is 41.2 Å². The fourth-order valence-electron chi connectivity index (χ4n) is 4.46. The van der Waals surface area contributed by atoms with Gasteiger partial charge < -0.3 is 28.8 Å². The number of anilines is 2. The maximum atomic E-state index is 6.27. The summed E-state index contributed by atoms with van der Waals surface area (Å²) in [5, 5.41) is 4.32. The van der Waals surface area contributed by atoms with E-state index in [4.69, 9.17) is 23.6 Å². The molecule has 1 aliphatic heterocycles. The van der Waals surface area contributed by atoms with Gasteiger partial charge in [0.05, 0.1) is 31.8 Å². The Morgan fingerprint density at radius 2 is 1.88 bits per heavy atom. The molecule has 4 aromatic rings. The van der Waals surface area contributed by atoms with Gasteiger partial charge in [-0.05, 0) is 37.1 Å². The number of nitrogens with zero attached hydrogens (tertiary/aromatic N) is 4. The van der Waals surface area contributed by atoms with Crippen molar-refractivity contribution in [2.24, 2.45) is 0 Å². The van der Waals surface area contributed by atoms with Crippen LogP contribution in [0.1, 0.15) is 30.5 Å². The number of hydrogen-bond acceptors (Lipinski definition) is 9. The standard InChI is InChI=1S/C25H29N5O4/c1-25(2)10-15-16(12-33-25)23(30(3)4)29-24-19(15)20-21(34-24)22(28-13-27-20)26-11-14-7-8-17(31-5)18(9-14)32-6/h7-9,13H,10-12H2,1-6H3,(H,26,27,28). The molecular weight excluding hydrogens is 434 g/mol. The van der Waals surface area contributed by atoms with Crippen molar-refractivity contribution in [1.29, 1.82) is 0 Å². The van der Waals surface area contributed by atoms with Gasteiger partial charge in [0.25, 0.3) is 0 Å². The van der Waals surface area contributed by atoms with Crippen LogP contribution in [-0.4, -0.2) is 48.9 Å². The molecule has 4 heterocycles. The fraction of sp³-hybridized carbons (Fsp3) is 0.400. The van der Waals surface area contributed by atoms with Gasteiger partial charge in [-0.2, -0.15) is 4.98 Å². The van der Waals surface area contributed by atoms with Gasteiger partial charge in [-0.15, -0.1) is 0 Å². The number of fused-ring (bicyclic) bond motifs is 5. The number of ether oxygens (including phenoxy) is 3. The molecule has 34 heavy (non-hydrogen) atoms. The smallest absolute Gasteiger partial charge is 0.231 e.